The maximum atomic E-state index is 10.9. The molecule has 1 aliphatic heterocycles. The summed E-state index contributed by atoms with van der Waals surface area (Å²) in [6.45, 7) is -0.233. The zero-order valence-electron chi connectivity index (χ0n) is 8.24. The van der Waals surface area contributed by atoms with E-state index in [1.54, 1.807) is 6.08 Å². The van der Waals surface area contributed by atoms with Gasteiger partial charge in [-0.05, 0) is 17.5 Å². The Morgan fingerprint density at radius 1 is 1.62 bits per heavy atom. The minimum atomic E-state index is -0.517. The molecule has 5 nitrogen and oxygen atoms in total. The van der Waals surface area contributed by atoms with Gasteiger partial charge in [0.05, 0.1) is 5.92 Å². The van der Waals surface area contributed by atoms with Crippen LogP contribution in [-0.2, 0) is 9.53 Å². The van der Waals surface area contributed by atoms with Gasteiger partial charge in [0.25, 0.3) is 0 Å². The Hall–Kier alpha value is -1.69. The highest BCUT2D eigenvalue weighted by Gasteiger charge is 2.32. The summed E-state index contributed by atoms with van der Waals surface area (Å²) in [7, 11) is 0. The number of cyclic esters (lactones) is 1. The van der Waals surface area contributed by atoms with Crippen LogP contribution in [0.25, 0.3) is 0 Å². The second-order valence-corrected chi connectivity index (χ2v) is 4.38. The third-order valence-electron chi connectivity index (χ3n) is 2.33. The third kappa shape index (κ3) is 2.27. The predicted molar refractivity (Wildman–Crippen MR) is 57.9 cm³/mol. The Balaban J connectivity index is 2.18. The Bertz CT molecular complexity index is 426. The van der Waals surface area contributed by atoms with Gasteiger partial charge >= 0.3 is 5.97 Å². The van der Waals surface area contributed by atoms with Gasteiger partial charge in [0, 0.05) is 15.9 Å². The van der Waals surface area contributed by atoms with Gasteiger partial charge in [0.1, 0.15) is 6.10 Å². The van der Waals surface area contributed by atoms with Gasteiger partial charge in [-0.3, -0.25) is 10.1 Å². The average molecular weight is 239 g/mol. The zero-order valence-corrected chi connectivity index (χ0v) is 9.05. The molecule has 1 aliphatic rings. The second-order valence-electron chi connectivity index (χ2n) is 3.40. The maximum Gasteiger partial charge on any atom is 0.331 e. The molecule has 0 fully saturated rings. The summed E-state index contributed by atoms with van der Waals surface area (Å²) < 4.78 is 5.00. The molecule has 0 unspecified atom stereocenters. The highest BCUT2D eigenvalue weighted by atomic mass is 32.1. The molecule has 0 amide bonds. The van der Waals surface area contributed by atoms with Gasteiger partial charge in [-0.15, -0.1) is 11.3 Å². The molecule has 0 spiro atoms. The van der Waals surface area contributed by atoms with Crippen molar-refractivity contribution in [1.29, 1.82) is 0 Å². The lowest BCUT2D eigenvalue weighted by Crippen LogP contribution is -2.24. The molecule has 1 aromatic heterocycles. The number of thiophene rings is 1. The minimum absolute atomic E-state index is 0.233. The first-order chi connectivity index (χ1) is 7.66. The standard InChI is InChI=1S/C10H9NO4S/c12-10-4-3-8(15-10)7(6-11(13)14)9-2-1-5-16-9/h1-5,7-8H,6H2/t7-,8+/m0/s1. The third-order valence-corrected chi connectivity index (χ3v) is 3.33. The smallest absolute Gasteiger partial charge is 0.331 e. The summed E-state index contributed by atoms with van der Waals surface area (Å²) in [6.07, 6.45) is 2.37. The number of nitro groups is 1. The zero-order chi connectivity index (χ0) is 11.5. The molecule has 0 radical (unpaired) electrons. The SMILES string of the molecule is O=C1C=C[C@H]([C@H](C[N+](=O)[O-])c2cccs2)O1. The number of carbonyl (C=O) groups is 1. The number of hydrogen-bond acceptors (Lipinski definition) is 5. The van der Waals surface area contributed by atoms with Crippen molar-refractivity contribution in [2.75, 3.05) is 6.54 Å². The van der Waals surface area contributed by atoms with E-state index >= 15 is 0 Å². The number of rotatable bonds is 4. The van der Waals surface area contributed by atoms with E-state index in [9.17, 15) is 14.9 Å². The minimum Gasteiger partial charge on any atom is -0.454 e. The first-order valence-electron chi connectivity index (χ1n) is 4.71. The van der Waals surface area contributed by atoms with E-state index in [4.69, 9.17) is 4.74 Å². The summed E-state index contributed by atoms with van der Waals surface area (Å²) in [5.41, 5.74) is 0. The number of carbonyl (C=O) groups excluding carboxylic acids is 1. The molecule has 16 heavy (non-hydrogen) atoms. The summed E-state index contributed by atoms with van der Waals surface area (Å²) in [5, 5.41) is 12.4. The molecule has 0 saturated heterocycles. The second kappa shape index (κ2) is 4.44. The largest absolute Gasteiger partial charge is 0.454 e. The van der Waals surface area contributed by atoms with Crippen molar-refractivity contribution in [3.05, 3.63) is 44.7 Å². The number of ether oxygens (including phenoxy) is 1. The van der Waals surface area contributed by atoms with Gasteiger partial charge < -0.3 is 4.74 Å². The van der Waals surface area contributed by atoms with E-state index in [0.717, 1.165) is 4.88 Å². The van der Waals surface area contributed by atoms with E-state index in [1.807, 2.05) is 17.5 Å². The lowest BCUT2D eigenvalue weighted by Gasteiger charge is -2.16. The fraction of sp³-hybridized carbons (Fsp3) is 0.300. The summed E-state index contributed by atoms with van der Waals surface area (Å²) in [6, 6.07) is 3.65. The van der Waals surface area contributed by atoms with Gasteiger partial charge in [0.2, 0.25) is 6.54 Å². The van der Waals surface area contributed by atoms with Crippen molar-refractivity contribution in [2.24, 2.45) is 0 Å². The quantitative estimate of drug-likeness (QED) is 0.454. The van der Waals surface area contributed by atoms with Crippen LogP contribution in [0.15, 0.2) is 29.7 Å². The molecule has 2 rings (SSSR count). The molecule has 1 aromatic rings. The predicted octanol–water partition coefficient (Wildman–Crippen LogP) is 1.59. The van der Waals surface area contributed by atoms with E-state index in [-0.39, 0.29) is 11.5 Å². The van der Waals surface area contributed by atoms with Crippen LogP contribution in [0.5, 0.6) is 0 Å². The van der Waals surface area contributed by atoms with E-state index < -0.39 is 18.0 Å². The van der Waals surface area contributed by atoms with Crippen LogP contribution in [0.2, 0.25) is 0 Å². The fourth-order valence-electron chi connectivity index (χ4n) is 1.62. The van der Waals surface area contributed by atoms with E-state index in [0.29, 0.717) is 0 Å². The highest BCUT2D eigenvalue weighted by Crippen LogP contribution is 2.29. The van der Waals surface area contributed by atoms with Crippen LogP contribution in [0.4, 0.5) is 0 Å². The topological polar surface area (TPSA) is 69.4 Å². The van der Waals surface area contributed by atoms with Gasteiger partial charge in [-0.25, -0.2) is 4.79 Å². The van der Waals surface area contributed by atoms with Crippen molar-refractivity contribution >= 4 is 17.3 Å². The molecule has 2 atom stereocenters. The van der Waals surface area contributed by atoms with Crippen molar-refractivity contribution in [3.63, 3.8) is 0 Å². The van der Waals surface area contributed by atoms with E-state index in [1.165, 1.54) is 17.4 Å². The Kier molecular flexibility index (Phi) is 3.00. The van der Waals surface area contributed by atoms with E-state index in [2.05, 4.69) is 0 Å². The Labute approximate surface area is 95.5 Å². The fourth-order valence-corrected chi connectivity index (χ4v) is 2.48. The van der Waals surface area contributed by atoms with Crippen molar-refractivity contribution in [2.45, 2.75) is 12.0 Å². The first kappa shape index (κ1) is 10.8. The molecular formula is C10H9NO4S. The molecule has 6 heteroatoms. The monoisotopic (exact) mass is 239 g/mol. The summed E-state index contributed by atoms with van der Waals surface area (Å²) in [5.74, 6) is -0.826. The highest BCUT2D eigenvalue weighted by molar-refractivity contribution is 7.10. The van der Waals surface area contributed by atoms with Crippen LogP contribution >= 0.6 is 11.3 Å². The van der Waals surface area contributed by atoms with Crippen molar-refractivity contribution in [1.82, 2.24) is 0 Å². The normalized spacial score (nSPS) is 20.8. The molecule has 0 N–H and O–H groups in total. The van der Waals surface area contributed by atoms with Gasteiger partial charge in [-0.2, -0.15) is 0 Å². The number of hydrogen-bond donors (Lipinski definition) is 0. The van der Waals surface area contributed by atoms with Gasteiger partial charge in [0.15, 0.2) is 0 Å². The molecular weight excluding hydrogens is 230 g/mol. The Morgan fingerprint density at radius 3 is 2.94 bits per heavy atom. The van der Waals surface area contributed by atoms with Crippen molar-refractivity contribution < 1.29 is 14.5 Å². The summed E-state index contributed by atoms with van der Waals surface area (Å²) >= 11 is 1.43. The molecule has 0 bridgehead atoms. The lowest BCUT2D eigenvalue weighted by molar-refractivity contribution is -0.484. The molecule has 2 heterocycles. The molecule has 0 aliphatic carbocycles. The van der Waals surface area contributed by atoms with Crippen LogP contribution < -0.4 is 0 Å². The van der Waals surface area contributed by atoms with Crippen LogP contribution in [0, 0.1) is 10.1 Å². The van der Waals surface area contributed by atoms with Crippen LogP contribution in [0.3, 0.4) is 0 Å². The maximum absolute atomic E-state index is 10.9. The first-order valence-corrected chi connectivity index (χ1v) is 5.59. The molecule has 0 saturated carbocycles. The average Bonchev–Trinajstić information content (AvgIpc) is 2.84. The van der Waals surface area contributed by atoms with Crippen LogP contribution in [-0.4, -0.2) is 23.5 Å². The van der Waals surface area contributed by atoms with Crippen molar-refractivity contribution in [3.8, 4) is 0 Å². The molecule has 84 valence electrons. The Morgan fingerprint density at radius 2 is 2.44 bits per heavy atom. The van der Waals surface area contributed by atoms with Gasteiger partial charge in [-0.1, -0.05) is 6.07 Å². The molecule has 0 aromatic carbocycles. The number of nitrogens with zero attached hydrogens (tertiary/aromatic N) is 1. The van der Waals surface area contributed by atoms with Crippen LogP contribution in [0.1, 0.15) is 10.8 Å². The lowest BCUT2D eigenvalue weighted by atomic mass is 10.0. The number of esters is 1. The summed E-state index contributed by atoms with van der Waals surface area (Å²) in [4.78, 5) is 22.0.